The summed E-state index contributed by atoms with van der Waals surface area (Å²) in [6.45, 7) is 6.16. The molecular formula is C16H25N3O3S. The minimum atomic E-state index is -0.547. The highest BCUT2D eigenvalue weighted by Gasteiger charge is 2.12. The predicted molar refractivity (Wildman–Crippen MR) is 92.2 cm³/mol. The number of H-pyrrole nitrogens is 1. The lowest BCUT2D eigenvalue weighted by atomic mass is 10.2. The number of aliphatic hydroxyl groups excluding tert-OH is 1. The molecule has 2 rings (SSSR count). The molecule has 23 heavy (non-hydrogen) atoms. The molecule has 1 unspecified atom stereocenters. The van der Waals surface area contributed by atoms with Crippen LogP contribution in [0.25, 0.3) is 10.6 Å². The Morgan fingerprint density at radius 2 is 2.22 bits per heavy atom. The number of hydroxylamine groups is 1. The summed E-state index contributed by atoms with van der Waals surface area (Å²) in [5.74, 6) is -0.312. The Bertz CT molecular complexity index is 555. The summed E-state index contributed by atoms with van der Waals surface area (Å²) in [5.41, 5.74) is 3.22. The molecule has 0 saturated carbocycles. The van der Waals surface area contributed by atoms with Crippen LogP contribution >= 0.6 is 11.3 Å². The molecule has 0 saturated heterocycles. The van der Waals surface area contributed by atoms with Crippen LogP contribution < -0.4 is 5.48 Å². The number of hydrogen-bond donors (Lipinski definition) is 3. The lowest BCUT2D eigenvalue weighted by Crippen LogP contribution is -2.27. The van der Waals surface area contributed by atoms with Crippen molar-refractivity contribution in [1.82, 2.24) is 15.7 Å². The van der Waals surface area contributed by atoms with Crippen LogP contribution in [0, 0.1) is 0 Å². The van der Waals surface area contributed by atoms with Gasteiger partial charge >= 0.3 is 0 Å². The van der Waals surface area contributed by atoms with Gasteiger partial charge in [0.15, 0.2) is 0 Å². The van der Waals surface area contributed by atoms with Gasteiger partial charge in [-0.1, -0.05) is 33.6 Å². The number of nitrogens with one attached hydrogen (secondary N) is 2. The molecule has 2 aromatic rings. The number of aliphatic hydroxyl groups is 1. The maximum Gasteiger partial charge on any atom is 0.284 e. The van der Waals surface area contributed by atoms with E-state index in [2.05, 4.69) is 22.6 Å². The number of hydrogen-bond acceptors (Lipinski definition) is 5. The first kappa shape index (κ1) is 19.3. The summed E-state index contributed by atoms with van der Waals surface area (Å²) >= 11 is 1.35. The SMILES string of the molecule is CC.CCCCC(O)CONC(=O)c1ccc(-c2ccn[nH]2)s1. The van der Waals surface area contributed by atoms with Gasteiger partial charge in [-0.05, 0) is 24.6 Å². The first-order valence-corrected chi connectivity index (χ1v) is 8.72. The molecule has 0 spiro atoms. The van der Waals surface area contributed by atoms with Crippen molar-refractivity contribution < 1.29 is 14.7 Å². The number of carbonyl (C=O) groups excluding carboxylic acids is 1. The molecule has 0 aliphatic carbocycles. The van der Waals surface area contributed by atoms with E-state index in [-0.39, 0.29) is 12.5 Å². The summed E-state index contributed by atoms with van der Waals surface area (Å²) in [6.07, 6.45) is 3.76. The smallest absolute Gasteiger partial charge is 0.284 e. The number of rotatable bonds is 8. The van der Waals surface area contributed by atoms with E-state index in [1.807, 2.05) is 26.0 Å². The molecular weight excluding hydrogens is 314 g/mol. The van der Waals surface area contributed by atoms with Gasteiger partial charge in [0, 0.05) is 6.20 Å². The van der Waals surface area contributed by atoms with Gasteiger partial charge in [-0.15, -0.1) is 11.3 Å². The Labute approximate surface area is 140 Å². The van der Waals surface area contributed by atoms with Crippen molar-refractivity contribution in [3.63, 3.8) is 0 Å². The van der Waals surface area contributed by atoms with Crippen molar-refractivity contribution in [1.29, 1.82) is 0 Å². The van der Waals surface area contributed by atoms with Crippen LogP contribution in [0.2, 0.25) is 0 Å². The Balaban J connectivity index is 0.00000127. The zero-order valence-corrected chi connectivity index (χ0v) is 14.7. The first-order valence-electron chi connectivity index (χ1n) is 7.90. The number of unbranched alkanes of at least 4 members (excludes halogenated alkanes) is 1. The quantitative estimate of drug-likeness (QED) is 0.643. The van der Waals surface area contributed by atoms with Crippen molar-refractivity contribution in [3.8, 4) is 10.6 Å². The highest BCUT2D eigenvalue weighted by Crippen LogP contribution is 2.26. The number of aromatic amines is 1. The molecule has 7 heteroatoms. The normalized spacial score (nSPS) is 11.5. The van der Waals surface area contributed by atoms with Gasteiger partial charge in [0.2, 0.25) is 0 Å². The maximum atomic E-state index is 11.9. The molecule has 0 fully saturated rings. The minimum Gasteiger partial charge on any atom is -0.391 e. The van der Waals surface area contributed by atoms with Crippen LogP contribution in [0.5, 0.6) is 0 Å². The summed E-state index contributed by atoms with van der Waals surface area (Å²) in [6, 6.07) is 5.42. The second-order valence-electron chi connectivity index (χ2n) is 4.67. The number of carbonyl (C=O) groups is 1. The molecule has 1 atom stereocenters. The monoisotopic (exact) mass is 339 g/mol. The van der Waals surface area contributed by atoms with E-state index < -0.39 is 6.10 Å². The molecule has 1 amide bonds. The van der Waals surface area contributed by atoms with E-state index in [0.717, 1.165) is 23.4 Å². The topological polar surface area (TPSA) is 87.2 Å². The van der Waals surface area contributed by atoms with Gasteiger partial charge in [0.25, 0.3) is 5.91 Å². The lowest BCUT2D eigenvalue weighted by molar-refractivity contribution is -0.0151. The predicted octanol–water partition coefficient (Wildman–Crippen LogP) is 3.38. The molecule has 3 N–H and O–H groups in total. The maximum absolute atomic E-state index is 11.9. The highest BCUT2D eigenvalue weighted by molar-refractivity contribution is 7.17. The number of thiophene rings is 1. The number of aromatic nitrogens is 2. The van der Waals surface area contributed by atoms with E-state index in [0.29, 0.717) is 11.3 Å². The van der Waals surface area contributed by atoms with Gasteiger partial charge in [0.05, 0.1) is 21.6 Å². The average molecular weight is 339 g/mol. The molecule has 0 bridgehead atoms. The molecule has 2 aromatic heterocycles. The Morgan fingerprint density at radius 3 is 2.87 bits per heavy atom. The van der Waals surface area contributed by atoms with Gasteiger partial charge < -0.3 is 5.11 Å². The Kier molecular flexibility index (Phi) is 9.20. The largest absolute Gasteiger partial charge is 0.391 e. The molecule has 128 valence electrons. The molecule has 0 aliphatic rings. The van der Waals surface area contributed by atoms with E-state index in [9.17, 15) is 9.90 Å². The van der Waals surface area contributed by atoms with Crippen LogP contribution in [0.1, 0.15) is 49.7 Å². The lowest BCUT2D eigenvalue weighted by Gasteiger charge is -2.10. The van der Waals surface area contributed by atoms with Crippen molar-refractivity contribution in [2.45, 2.75) is 46.1 Å². The van der Waals surface area contributed by atoms with Crippen LogP contribution in [0.3, 0.4) is 0 Å². The summed E-state index contributed by atoms with van der Waals surface area (Å²) < 4.78 is 0. The highest BCUT2D eigenvalue weighted by atomic mass is 32.1. The molecule has 2 heterocycles. The summed E-state index contributed by atoms with van der Waals surface area (Å²) in [5, 5.41) is 16.3. The first-order chi connectivity index (χ1) is 11.2. The second kappa shape index (κ2) is 10.9. The zero-order valence-electron chi connectivity index (χ0n) is 13.8. The van der Waals surface area contributed by atoms with Gasteiger partial charge in [-0.3, -0.25) is 14.7 Å². The number of amides is 1. The molecule has 0 aliphatic heterocycles. The molecule has 6 nitrogen and oxygen atoms in total. The Morgan fingerprint density at radius 1 is 1.43 bits per heavy atom. The van der Waals surface area contributed by atoms with E-state index in [1.165, 1.54) is 11.3 Å². The van der Waals surface area contributed by atoms with Gasteiger partial charge in [0.1, 0.15) is 6.61 Å². The fourth-order valence-electron chi connectivity index (χ4n) is 1.77. The Hall–Kier alpha value is -1.70. The van der Waals surface area contributed by atoms with E-state index in [4.69, 9.17) is 4.84 Å². The zero-order chi connectivity index (χ0) is 17.1. The fourth-order valence-corrected chi connectivity index (χ4v) is 2.64. The van der Waals surface area contributed by atoms with Crippen LogP contribution in [0.15, 0.2) is 24.4 Å². The van der Waals surface area contributed by atoms with Gasteiger partial charge in [-0.2, -0.15) is 5.10 Å². The molecule has 0 aromatic carbocycles. The van der Waals surface area contributed by atoms with E-state index >= 15 is 0 Å². The third kappa shape index (κ3) is 6.52. The minimum absolute atomic E-state index is 0.102. The van der Waals surface area contributed by atoms with Crippen LogP contribution in [-0.4, -0.2) is 33.9 Å². The van der Waals surface area contributed by atoms with Gasteiger partial charge in [-0.25, -0.2) is 5.48 Å². The van der Waals surface area contributed by atoms with Crippen molar-refractivity contribution >= 4 is 17.2 Å². The standard InChI is InChI=1S/C14H19N3O3S.C2H6/c1-2-3-4-10(18)9-20-17-14(19)13-6-5-12(21-13)11-7-8-15-16-11;1-2/h5-8,10,18H,2-4,9H2,1H3,(H,15,16)(H,17,19);1-2H3. The van der Waals surface area contributed by atoms with Crippen molar-refractivity contribution in [2.75, 3.05) is 6.61 Å². The number of nitrogens with zero attached hydrogens (tertiary/aromatic N) is 1. The van der Waals surface area contributed by atoms with Crippen molar-refractivity contribution in [2.24, 2.45) is 0 Å². The van der Waals surface area contributed by atoms with Crippen LogP contribution in [0.4, 0.5) is 0 Å². The second-order valence-corrected chi connectivity index (χ2v) is 5.76. The van der Waals surface area contributed by atoms with Crippen LogP contribution in [-0.2, 0) is 4.84 Å². The van der Waals surface area contributed by atoms with E-state index in [1.54, 1.807) is 12.3 Å². The fraction of sp³-hybridized carbons (Fsp3) is 0.500. The third-order valence-electron chi connectivity index (χ3n) is 2.93. The summed E-state index contributed by atoms with van der Waals surface area (Å²) in [7, 11) is 0. The third-order valence-corrected chi connectivity index (χ3v) is 4.04. The average Bonchev–Trinajstić information content (AvgIpc) is 3.25. The molecule has 0 radical (unpaired) electrons. The van der Waals surface area contributed by atoms with Crippen molar-refractivity contribution in [3.05, 3.63) is 29.3 Å². The summed E-state index contributed by atoms with van der Waals surface area (Å²) in [4.78, 5) is 18.4.